The zero-order valence-corrected chi connectivity index (χ0v) is 10.9. The second-order valence-corrected chi connectivity index (χ2v) is 5.22. The van der Waals surface area contributed by atoms with Gasteiger partial charge in [0.05, 0.1) is 0 Å². The first-order valence-electron chi connectivity index (χ1n) is 6.19. The minimum Gasteiger partial charge on any atom is -0.303 e. The Labute approximate surface area is 108 Å². The molecular weight excluding hydrogens is 234 g/mol. The van der Waals surface area contributed by atoms with Crippen LogP contribution in [0.25, 0.3) is 0 Å². The third kappa shape index (κ3) is 3.30. The van der Waals surface area contributed by atoms with Gasteiger partial charge in [0.1, 0.15) is 0 Å². The van der Waals surface area contributed by atoms with E-state index in [0.717, 1.165) is 25.2 Å². The van der Waals surface area contributed by atoms with Gasteiger partial charge in [-0.2, -0.15) is 0 Å². The monoisotopic (exact) mass is 251 g/mol. The van der Waals surface area contributed by atoms with Crippen molar-refractivity contribution in [2.24, 2.45) is 5.92 Å². The van der Waals surface area contributed by atoms with E-state index in [2.05, 4.69) is 4.90 Å². The number of benzene rings is 1. The minimum absolute atomic E-state index is 0.0641. The van der Waals surface area contributed by atoms with Gasteiger partial charge < -0.3 is 4.90 Å². The normalized spacial score (nSPS) is 18.2. The van der Waals surface area contributed by atoms with Gasteiger partial charge >= 0.3 is 0 Å². The third-order valence-electron chi connectivity index (χ3n) is 3.31. The zero-order chi connectivity index (χ0) is 12.3. The van der Waals surface area contributed by atoms with Crippen LogP contribution in [-0.2, 0) is 0 Å². The van der Waals surface area contributed by atoms with E-state index >= 15 is 0 Å². The summed E-state index contributed by atoms with van der Waals surface area (Å²) in [4.78, 5) is 14.5. The Hall–Kier alpha value is -0.860. The second-order valence-electron chi connectivity index (χ2n) is 4.78. The number of rotatable bonds is 4. The van der Waals surface area contributed by atoms with Crippen molar-refractivity contribution in [2.75, 3.05) is 19.6 Å². The molecule has 0 saturated carbocycles. The Morgan fingerprint density at radius 3 is 2.47 bits per heavy atom. The molecule has 0 spiro atoms. The van der Waals surface area contributed by atoms with E-state index < -0.39 is 0 Å². The van der Waals surface area contributed by atoms with Crippen molar-refractivity contribution in [2.45, 2.75) is 19.8 Å². The molecule has 3 heteroatoms. The third-order valence-corrected chi connectivity index (χ3v) is 3.56. The van der Waals surface area contributed by atoms with Crippen molar-refractivity contribution in [1.82, 2.24) is 4.90 Å². The highest BCUT2D eigenvalue weighted by molar-refractivity contribution is 6.30. The van der Waals surface area contributed by atoms with Crippen LogP contribution in [0.15, 0.2) is 24.3 Å². The van der Waals surface area contributed by atoms with Gasteiger partial charge in [0.25, 0.3) is 0 Å². The smallest absolute Gasteiger partial charge is 0.166 e. The van der Waals surface area contributed by atoms with Crippen molar-refractivity contribution in [3.8, 4) is 0 Å². The molecular formula is C14H18ClNO. The molecule has 92 valence electrons. The quantitative estimate of drug-likeness (QED) is 0.766. The van der Waals surface area contributed by atoms with Crippen LogP contribution in [0.5, 0.6) is 0 Å². The van der Waals surface area contributed by atoms with Crippen molar-refractivity contribution >= 4 is 17.4 Å². The molecule has 1 heterocycles. The van der Waals surface area contributed by atoms with Crippen LogP contribution in [0, 0.1) is 5.92 Å². The summed E-state index contributed by atoms with van der Waals surface area (Å²) in [5.41, 5.74) is 0.765. The molecule has 0 N–H and O–H groups in total. The topological polar surface area (TPSA) is 20.3 Å². The molecule has 1 fully saturated rings. The van der Waals surface area contributed by atoms with Gasteiger partial charge in [-0.25, -0.2) is 0 Å². The summed E-state index contributed by atoms with van der Waals surface area (Å²) in [7, 11) is 0. The molecule has 0 amide bonds. The fraction of sp³-hybridized carbons (Fsp3) is 0.500. The average Bonchev–Trinajstić information content (AvgIpc) is 2.82. The highest BCUT2D eigenvalue weighted by Gasteiger charge is 2.20. The molecule has 1 aliphatic rings. The van der Waals surface area contributed by atoms with E-state index in [0.29, 0.717) is 5.02 Å². The molecule has 1 aromatic rings. The fourth-order valence-corrected chi connectivity index (χ4v) is 2.46. The van der Waals surface area contributed by atoms with E-state index in [-0.39, 0.29) is 11.7 Å². The van der Waals surface area contributed by atoms with Gasteiger partial charge in [-0.15, -0.1) is 0 Å². The van der Waals surface area contributed by atoms with E-state index in [9.17, 15) is 4.79 Å². The number of Topliss-reactive ketones (excluding diaryl/α,β-unsaturated/α-hetero) is 1. The molecule has 0 radical (unpaired) electrons. The Bertz CT molecular complexity index is 382. The summed E-state index contributed by atoms with van der Waals surface area (Å²) in [5, 5.41) is 0.675. The lowest BCUT2D eigenvalue weighted by Gasteiger charge is -2.19. The van der Waals surface area contributed by atoms with Gasteiger partial charge in [0.15, 0.2) is 5.78 Å². The molecule has 1 atom stereocenters. The lowest BCUT2D eigenvalue weighted by molar-refractivity contribution is 0.0903. The number of carbonyl (C=O) groups is 1. The lowest BCUT2D eigenvalue weighted by atomic mass is 9.99. The predicted octanol–water partition coefficient (Wildman–Crippen LogP) is 3.25. The predicted molar refractivity (Wildman–Crippen MR) is 70.6 cm³/mol. The number of nitrogens with zero attached hydrogens (tertiary/aromatic N) is 1. The first-order chi connectivity index (χ1) is 8.16. The van der Waals surface area contributed by atoms with Crippen LogP contribution in [0.4, 0.5) is 0 Å². The van der Waals surface area contributed by atoms with Crippen molar-refractivity contribution in [3.05, 3.63) is 34.9 Å². The number of hydrogen-bond donors (Lipinski definition) is 0. The van der Waals surface area contributed by atoms with Gasteiger partial charge in [-0.05, 0) is 50.2 Å². The number of likely N-dealkylation sites (tertiary alicyclic amines) is 1. The van der Waals surface area contributed by atoms with Crippen LogP contribution in [-0.4, -0.2) is 30.3 Å². The fourth-order valence-electron chi connectivity index (χ4n) is 2.33. The molecule has 1 aromatic carbocycles. The Balaban J connectivity index is 1.96. The number of hydrogen-bond acceptors (Lipinski definition) is 2. The standard InChI is InChI=1S/C14H18ClNO/c1-11(10-16-8-2-3-9-16)14(17)12-4-6-13(15)7-5-12/h4-7,11H,2-3,8-10H2,1H3/t11-/m1/s1. The zero-order valence-electron chi connectivity index (χ0n) is 10.2. The molecule has 1 aliphatic heterocycles. The van der Waals surface area contributed by atoms with Crippen LogP contribution < -0.4 is 0 Å². The lowest BCUT2D eigenvalue weighted by Crippen LogP contribution is -2.29. The summed E-state index contributed by atoms with van der Waals surface area (Å²) in [6.45, 7) is 5.16. The summed E-state index contributed by atoms with van der Waals surface area (Å²) >= 11 is 5.81. The van der Waals surface area contributed by atoms with Crippen molar-refractivity contribution in [3.63, 3.8) is 0 Å². The average molecular weight is 252 g/mol. The molecule has 0 unspecified atom stereocenters. The first-order valence-corrected chi connectivity index (χ1v) is 6.57. The molecule has 2 nitrogen and oxygen atoms in total. The van der Waals surface area contributed by atoms with Gasteiger partial charge in [-0.3, -0.25) is 4.79 Å². The van der Waals surface area contributed by atoms with Crippen LogP contribution in [0.3, 0.4) is 0 Å². The maximum Gasteiger partial charge on any atom is 0.166 e. The molecule has 0 aromatic heterocycles. The minimum atomic E-state index is 0.0641. The molecule has 2 rings (SSSR count). The van der Waals surface area contributed by atoms with E-state index in [4.69, 9.17) is 11.6 Å². The SMILES string of the molecule is C[C@H](CN1CCCC1)C(=O)c1ccc(Cl)cc1. The van der Waals surface area contributed by atoms with Crippen LogP contribution in [0.2, 0.25) is 5.02 Å². The molecule has 0 bridgehead atoms. The summed E-state index contributed by atoms with van der Waals surface area (Å²) < 4.78 is 0. The molecule has 17 heavy (non-hydrogen) atoms. The van der Waals surface area contributed by atoms with Crippen molar-refractivity contribution in [1.29, 1.82) is 0 Å². The van der Waals surface area contributed by atoms with Gasteiger partial charge in [0.2, 0.25) is 0 Å². The highest BCUT2D eigenvalue weighted by atomic mass is 35.5. The maximum atomic E-state index is 12.2. The first kappa shape index (κ1) is 12.6. The van der Waals surface area contributed by atoms with E-state index in [1.165, 1.54) is 12.8 Å². The van der Waals surface area contributed by atoms with Crippen molar-refractivity contribution < 1.29 is 4.79 Å². The molecule has 1 saturated heterocycles. The Morgan fingerprint density at radius 1 is 1.29 bits per heavy atom. The van der Waals surface area contributed by atoms with Crippen LogP contribution in [0.1, 0.15) is 30.1 Å². The Kier molecular flexibility index (Phi) is 4.19. The van der Waals surface area contributed by atoms with E-state index in [1.807, 2.05) is 19.1 Å². The maximum absolute atomic E-state index is 12.2. The number of halogens is 1. The Morgan fingerprint density at radius 2 is 1.88 bits per heavy atom. The van der Waals surface area contributed by atoms with Gasteiger partial charge in [-0.1, -0.05) is 18.5 Å². The number of carbonyl (C=O) groups excluding carboxylic acids is 1. The summed E-state index contributed by atoms with van der Waals surface area (Å²) in [6, 6.07) is 7.17. The van der Waals surface area contributed by atoms with Gasteiger partial charge in [0, 0.05) is 23.0 Å². The van der Waals surface area contributed by atoms with Crippen LogP contribution >= 0.6 is 11.6 Å². The largest absolute Gasteiger partial charge is 0.303 e. The number of ketones is 1. The summed E-state index contributed by atoms with van der Waals surface area (Å²) in [5.74, 6) is 0.280. The highest BCUT2D eigenvalue weighted by Crippen LogP contribution is 2.16. The second kappa shape index (κ2) is 5.65. The summed E-state index contributed by atoms with van der Waals surface area (Å²) in [6.07, 6.45) is 2.53. The van der Waals surface area contributed by atoms with E-state index in [1.54, 1.807) is 12.1 Å². The molecule has 0 aliphatic carbocycles.